The maximum Gasteiger partial charge on any atom is 0.263 e. The van der Waals surface area contributed by atoms with Gasteiger partial charge in [0.1, 0.15) is 12.4 Å². The fraction of sp³-hybridized carbons (Fsp3) is 0.118. The smallest absolute Gasteiger partial charge is 0.263 e. The minimum Gasteiger partial charge on any atom is -0.480 e. The Bertz CT molecular complexity index is 936. The average Bonchev–Trinajstić information content (AvgIpc) is 2.87. The zero-order valence-electron chi connectivity index (χ0n) is 13.3. The first kappa shape index (κ1) is 15.8. The lowest BCUT2D eigenvalue weighted by Crippen LogP contribution is -2.37. The zero-order chi connectivity index (χ0) is 18.3. The van der Waals surface area contributed by atoms with E-state index in [-0.39, 0.29) is 35.3 Å². The quantitative estimate of drug-likeness (QED) is 0.783. The number of carbonyl (C=O) groups excluding carboxylic acids is 4. The van der Waals surface area contributed by atoms with Crippen molar-refractivity contribution in [1.82, 2.24) is 9.88 Å². The molecule has 3 heterocycles. The molecule has 130 valence electrons. The Balaban J connectivity index is 1.47. The summed E-state index contributed by atoms with van der Waals surface area (Å²) in [6.07, 6.45) is 0. The summed E-state index contributed by atoms with van der Waals surface area (Å²) in [6.45, 7) is -0.534. The van der Waals surface area contributed by atoms with Gasteiger partial charge in [-0.2, -0.15) is 0 Å². The summed E-state index contributed by atoms with van der Waals surface area (Å²) in [5.41, 5.74) is 0.550. The van der Waals surface area contributed by atoms with E-state index in [2.05, 4.69) is 15.6 Å². The van der Waals surface area contributed by atoms with Crippen LogP contribution in [0.1, 0.15) is 20.7 Å². The molecular weight excluding hydrogens is 340 g/mol. The molecule has 9 heteroatoms. The number of ether oxygens (including phenoxy) is 1. The highest BCUT2D eigenvalue weighted by molar-refractivity contribution is 6.22. The number of aromatic nitrogens is 1. The zero-order valence-corrected chi connectivity index (χ0v) is 13.3. The molecule has 0 radical (unpaired) electrons. The summed E-state index contributed by atoms with van der Waals surface area (Å²) in [5, 5.41) is 5.03. The van der Waals surface area contributed by atoms with Gasteiger partial charge in [-0.15, -0.1) is 0 Å². The third-order valence-corrected chi connectivity index (χ3v) is 3.92. The largest absolute Gasteiger partial charge is 0.480 e. The highest BCUT2D eigenvalue weighted by Crippen LogP contribution is 2.27. The Kier molecular flexibility index (Phi) is 3.61. The number of anilines is 2. The number of hydrogen-bond donors (Lipinski definition) is 2. The summed E-state index contributed by atoms with van der Waals surface area (Å²) in [7, 11) is 0. The van der Waals surface area contributed by atoms with Gasteiger partial charge >= 0.3 is 0 Å². The lowest BCUT2D eigenvalue weighted by Gasteiger charge is -2.18. The number of nitrogens with zero attached hydrogens (tertiary/aromatic N) is 2. The molecule has 9 nitrogen and oxygen atoms in total. The molecule has 0 atom stereocenters. The molecule has 4 rings (SSSR count). The van der Waals surface area contributed by atoms with E-state index in [1.165, 1.54) is 6.07 Å². The van der Waals surface area contributed by atoms with Crippen LogP contribution in [0.4, 0.5) is 11.6 Å². The van der Waals surface area contributed by atoms with Crippen molar-refractivity contribution in [2.45, 2.75) is 0 Å². The number of fused-ring (bicyclic) bond motifs is 2. The van der Waals surface area contributed by atoms with E-state index in [1.54, 1.807) is 30.3 Å². The molecule has 1 aromatic heterocycles. The SMILES string of the molecule is O=C(CN1C(=O)c2ccccc2C1=O)Nc1ccc2c(n1)NC(=O)CO2. The highest BCUT2D eigenvalue weighted by Gasteiger charge is 2.36. The number of hydrogen-bond acceptors (Lipinski definition) is 6. The molecule has 2 N–H and O–H groups in total. The van der Waals surface area contributed by atoms with Crippen LogP contribution in [0.15, 0.2) is 36.4 Å². The van der Waals surface area contributed by atoms with Gasteiger partial charge in [0.25, 0.3) is 17.7 Å². The molecule has 0 aliphatic carbocycles. The first-order chi connectivity index (χ1) is 12.5. The highest BCUT2D eigenvalue weighted by atomic mass is 16.5. The summed E-state index contributed by atoms with van der Waals surface area (Å²) in [6, 6.07) is 9.44. The fourth-order valence-electron chi connectivity index (χ4n) is 2.74. The first-order valence-corrected chi connectivity index (χ1v) is 7.72. The predicted molar refractivity (Wildman–Crippen MR) is 88.8 cm³/mol. The lowest BCUT2D eigenvalue weighted by atomic mass is 10.1. The van der Waals surface area contributed by atoms with Crippen molar-refractivity contribution in [2.75, 3.05) is 23.8 Å². The minimum atomic E-state index is -0.588. The predicted octanol–water partition coefficient (Wildman–Crippen LogP) is 0.647. The molecule has 0 saturated carbocycles. The molecular formula is C17H12N4O5. The van der Waals surface area contributed by atoms with Crippen molar-refractivity contribution < 1.29 is 23.9 Å². The van der Waals surface area contributed by atoms with Crippen molar-refractivity contribution in [1.29, 1.82) is 0 Å². The first-order valence-electron chi connectivity index (χ1n) is 7.72. The van der Waals surface area contributed by atoms with Crippen molar-refractivity contribution in [3.63, 3.8) is 0 Å². The molecule has 0 spiro atoms. The van der Waals surface area contributed by atoms with Gasteiger partial charge in [-0.25, -0.2) is 4.98 Å². The summed E-state index contributed by atoms with van der Waals surface area (Å²) >= 11 is 0. The van der Waals surface area contributed by atoms with Gasteiger partial charge in [0.2, 0.25) is 5.91 Å². The molecule has 0 unspecified atom stereocenters. The molecule has 0 fully saturated rings. The van der Waals surface area contributed by atoms with Crippen LogP contribution in [0.5, 0.6) is 5.75 Å². The van der Waals surface area contributed by atoms with Crippen LogP contribution in [-0.4, -0.2) is 46.7 Å². The van der Waals surface area contributed by atoms with Crippen LogP contribution in [0.2, 0.25) is 0 Å². The van der Waals surface area contributed by atoms with E-state index >= 15 is 0 Å². The third-order valence-electron chi connectivity index (χ3n) is 3.92. The number of pyridine rings is 1. The van der Waals surface area contributed by atoms with E-state index in [0.29, 0.717) is 5.75 Å². The maximum atomic E-state index is 12.3. The molecule has 0 saturated heterocycles. The van der Waals surface area contributed by atoms with E-state index < -0.39 is 24.3 Å². The van der Waals surface area contributed by atoms with Crippen molar-refractivity contribution in [3.05, 3.63) is 47.5 Å². The van der Waals surface area contributed by atoms with Gasteiger partial charge in [-0.1, -0.05) is 12.1 Å². The van der Waals surface area contributed by atoms with Crippen molar-refractivity contribution >= 4 is 35.3 Å². The van der Waals surface area contributed by atoms with Gasteiger partial charge in [0, 0.05) is 0 Å². The number of nitrogens with one attached hydrogen (secondary N) is 2. The fourth-order valence-corrected chi connectivity index (χ4v) is 2.74. The second kappa shape index (κ2) is 5.96. The molecule has 2 aliphatic heterocycles. The monoisotopic (exact) mass is 352 g/mol. The number of amides is 4. The molecule has 0 bridgehead atoms. The Morgan fingerprint density at radius 1 is 1.12 bits per heavy atom. The number of imide groups is 1. The Morgan fingerprint density at radius 3 is 2.50 bits per heavy atom. The summed E-state index contributed by atoms with van der Waals surface area (Å²) < 4.78 is 5.18. The summed E-state index contributed by atoms with van der Waals surface area (Å²) in [5.74, 6) is -1.21. The molecule has 2 aromatic rings. The lowest BCUT2D eigenvalue weighted by molar-refractivity contribution is -0.118. The molecule has 2 aliphatic rings. The Labute approximate surface area is 147 Å². The van der Waals surface area contributed by atoms with Crippen LogP contribution < -0.4 is 15.4 Å². The van der Waals surface area contributed by atoms with Gasteiger partial charge in [-0.3, -0.25) is 24.1 Å². The van der Waals surface area contributed by atoms with Gasteiger partial charge < -0.3 is 15.4 Å². The van der Waals surface area contributed by atoms with Crippen LogP contribution >= 0.6 is 0 Å². The maximum absolute atomic E-state index is 12.3. The number of benzene rings is 1. The van der Waals surface area contributed by atoms with E-state index in [0.717, 1.165) is 4.90 Å². The summed E-state index contributed by atoms with van der Waals surface area (Å²) in [4.78, 5) is 53.0. The topological polar surface area (TPSA) is 118 Å². The number of carbonyl (C=O) groups is 4. The van der Waals surface area contributed by atoms with Crippen molar-refractivity contribution in [3.8, 4) is 5.75 Å². The number of rotatable bonds is 3. The Hall–Kier alpha value is -3.75. The van der Waals surface area contributed by atoms with Crippen LogP contribution in [0.25, 0.3) is 0 Å². The second-order valence-electron chi connectivity index (χ2n) is 5.67. The van der Waals surface area contributed by atoms with Gasteiger partial charge in [-0.05, 0) is 24.3 Å². The van der Waals surface area contributed by atoms with E-state index in [4.69, 9.17) is 4.74 Å². The van der Waals surface area contributed by atoms with Gasteiger partial charge in [0.15, 0.2) is 18.2 Å². The standard InChI is InChI=1S/C17H12N4O5/c22-13(7-21-16(24)9-3-1-2-4-10(9)17(21)25)18-12-6-5-11-15(19-12)20-14(23)8-26-11/h1-6H,7-8H2,(H2,18,19,20,22,23). The van der Waals surface area contributed by atoms with E-state index in [1.807, 2.05) is 0 Å². The van der Waals surface area contributed by atoms with Crippen LogP contribution in [0, 0.1) is 0 Å². The van der Waals surface area contributed by atoms with Crippen molar-refractivity contribution in [2.24, 2.45) is 0 Å². The normalized spacial score (nSPS) is 15.1. The molecule has 1 aromatic carbocycles. The Morgan fingerprint density at radius 2 is 1.81 bits per heavy atom. The average molecular weight is 352 g/mol. The van der Waals surface area contributed by atoms with Crippen LogP contribution in [0.3, 0.4) is 0 Å². The molecule has 4 amide bonds. The van der Waals surface area contributed by atoms with Crippen LogP contribution in [-0.2, 0) is 9.59 Å². The van der Waals surface area contributed by atoms with E-state index in [9.17, 15) is 19.2 Å². The minimum absolute atomic E-state index is 0.0971. The van der Waals surface area contributed by atoms with Gasteiger partial charge in [0.05, 0.1) is 11.1 Å². The third kappa shape index (κ3) is 2.65. The molecule has 26 heavy (non-hydrogen) atoms. The second-order valence-corrected chi connectivity index (χ2v) is 5.67.